The van der Waals surface area contributed by atoms with Crippen molar-refractivity contribution in [1.82, 2.24) is 0 Å². The first-order chi connectivity index (χ1) is 11.4. The van der Waals surface area contributed by atoms with Crippen LogP contribution >= 0.6 is 0 Å². The Morgan fingerprint density at radius 2 is 1.88 bits per heavy atom. The first-order valence-corrected chi connectivity index (χ1v) is 8.20. The van der Waals surface area contributed by atoms with Gasteiger partial charge in [-0.25, -0.2) is 4.79 Å². The largest absolute Gasteiger partial charge is 0.593 e. The fourth-order valence-electron chi connectivity index (χ4n) is 2.78. The third-order valence-electron chi connectivity index (χ3n) is 4.14. The molecule has 1 aromatic carbocycles. The number of aliphatic hydroxyl groups is 2. The van der Waals surface area contributed by atoms with Crippen LogP contribution in [0.1, 0.15) is 54.9 Å². The molecule has 1 aliphatic rings. The Labute approximate surface area is 141 Å². The van der Waals surface area contributed by atoms with E-state index in [-0.39, 0.29) is 23.2 Å². The maximum absolute atomic E-state index is 12.4. The second-order valence-corrected chi connectivity index (χ2v) is 6.22. The third-order valence-corrected chi connectivity index (χ3v) is 4.14. The smallest absolute Gasteiger partial charge is 0.342 e. The number of rotatable bonds is 0. The molecule has 0 spiro atoms. The summed E-state index contributed by atoms with van der Waals surface area (Å²) in [6, 6.07) is 2.69. The van der Waals surface area contributed by atoms with Crippen LogP contribution < -0.4 is 0 Å². The highest BCUT2D eigenvalue weighted by Gasteiger charge is 2.22. The number of hydrogen-bond donors (Lipinski definition) is 3. The molecule has 3 atom stereocenters. The maximum Gasteiger partial charge on any atom is 0.342 e. The molecule has 5 N–H and O–H groups in total. The van der Waals surface area contributed by atoms with Crippen molar-refractivity contribution in [3.05, 3.63) is 29.3 Å². The van der Waals surface area contributed by atoms with Gasteiger partial charge in [0.15, 0.2) is 0 Å². The fraction of sp³-hybridized carbons (Fsp3) is 0.500. The highest BCUT2D eigenvalue weighted by Crippen LogP contribution is 2.30. The summed E-state index contributed by atoms with van der Waals surface area (Å²) in [6.07, 6.45) is 3.93. The fourth-order valence-corrected chi connectivity index (χ4v) is 2.78. The minimum absolute atomic E-state index is 0.0479. The molecule has 1 aromatic rings. The molecule has 0 bridgehead atoms. The standard InChI is InChI=1S/C18H24O6/c1-11-5-4-8-15(21)14(20)7-3-2-6-12-9-13(19)10-16(22)17(12)18(23)24-11/h2,6,9-11,14-15,19-22H,3-5,7-8H2,1H3/p+1/b6-2+/t11-,14-,15+/m0/s1. The number of hydrogen-bond acceptors (Lipinski definition) is 5. The van der Waals surface area contributed by atoms with E-state index >= 15 is 0 Å². The third kappa shape index (κ3) is 4.72. The van der Waals surface area contributed by atoms with E-state index in [2.05, 4.69) is 0 Å². The molecule has 0 unspecified atom stereocenters. The van der Waals surface area contributed by atoms with E-state index in [1.165, 1.54) is 12.1 Å². The Balaban J connectivity index is 2.32. The first kappa shape index (κ1) is 18.3. The summed E-state index contributed by atoms with van der Waals surface area (Å²) in [6.45, 7) is 1.75. The summed E-state index contributed by atoms with van der Waals surface area (Å²) in [5.74, 6) is -0.812. The zero-order chi connectivity index (χ0) is 17.7. The van der Waals surface area contributed by atoms with Crippen LogP contribution in [0.4, 0.5) is 0 Å². The van der Waals surface area contributed by atoms with E-state index in [1.54, 1.807) is 19.1 Å². The van der Waals surface area contributed by atoms with Gasteiger partial charge in [0.1, 0.15) is 11.3 Å². The highest BCUT2D eigenvalue weighted by atomic mass is 16.5. The molecule has 2 rings (SSSR count). The van der Waals surface area contributed by atoms with Crippen molar-refractivity contribution in [2.45, 2.75) is 57.3 Å². The van der Waals surface area contributed by atoms with Crippen molar-refractivity contribution in [3.8, 4) is 11.5 Å². The van der Waals surface area contributed by atoms with Gasteiger partial charge in [-0.05, 0) is 39.0 Å². The number of phenolic OH excluding ortho intramolecular Hbond substituents is 1. The molecule has 0 saturated carbocycles. The van der Waals surface area contributed by atoms with Crippen LogP contribution in [-0.2, 0) is 4.74 Å². The average molecular weight is 337 g/mol. The monoisotopic (exact) mass is 337 g/mol. The number of ether oxygens (including phenoxy) is 1. The van der Waals surface area contributed by atoms with Gasteiger partial charge < -0.3 is 25.2 Å². The molecule has 0 saturated heterocycles. The molecule has 0 aromatic heterocycles. The van der Waals surface area contributed by atoms with Gasteiger partial charge in [0.25, 0.3) is 5.75 Å². The molecular formula is C18H25O6+. The van der Waals surface area contributed by atoms with Gasteiger partial charge in [-0.15, -0.1) is 0 Å². The van der Waals surface area contributed by atoms with E-state index < -0.39 is 18.2 Å². The van der Waals surface area contributed by atoms with E-state index in [0.717, 1.165) is 0 Å². The molecule has 24 heavy (non-hydrogen) atoms. The number of benzene rings is 1. The molecule has 1 aliphatic heterocycles. The Hall–Kier alpha value is -2.05. The van der Waals surface area contributed by atoms with Gasteiger partial charge in [0.2, 0.25) is 0 Å². The summed E-state index contributed by atoms with van der Waals surface area (Å²) >= 11 is 0. The molecule has 0 fully saturated rings. The lowest BCUT2D eigenvalue weighted by Crippen LogP contribution is -2.26. The second-order valence-electron chi connectivity index (χ2n) is 6.22. The zero-order valence-corrected chi connectivity index (χ0v) is 13.7. The van der Waals surface area contributed by atoms with E-state index in [9.17, 15) is 20.1 Å². The molecular weight excluding hydrogens is 312 g/mol. The van der Waals surface area contributed by atoms with Gasteiger partial charge in [-0.2, -0.15) is 0 Å². The lowest BCUT2D eigenvalue weighted by atomic mass is 10.00. The van der Waals surface area contributed by atoms with Crippen molar-refractivity contribution in [3.63, 3.8) is 0 Å². The summed E-state index contributed by atoms with van der Waals surface area (Å²) in [5.41, 5.74) is 0.455. The van der Waals surface area contributed by atoms with Gasteiger partial charge in [-0.3, -0.25) is 0 Å². The van der Waals surface area contributed by atoms with Crippen LogP contribution in [0.15, 0.2) is 18.2 Å². The normalized spacial score (nSPS) is 27.6. The Morgan fingerprint density at radius 1 is 1.17 bits per heavy atom. The lowest BCUT2D eigenvalue weighted by molar-refractivity contribution is 0.00511. The van der Waals surface area contributed by atoms with Gasteiger partial charge >= 0.3 is 5.97 Å². The van der Waals surface area contributed by atoms with Crippen LogP contribution in [0.25, 0.3) is 6.08 Å². The minimum atomic E-state index is -0.800. The maximum atomic E-state index is 12.4. The molecule has 0 aliphatic carbocycles. The summed E-state index contributed by atoms with van der Waals surface area (Å²) in [4.78, 5) is 12.4. The SMILES string of the molecule is C[C@H]1CCC[C@@H](O)[C@@H](O)CC/C=C/c2cc([OH2+])cc(O)c2C(=O)O1. The van der Waals surface area contributed by atoms with Gasteiger partial charge in [0.05, 0.1) is 24.4 Å². The molecule has 0 amide bonds. The Bertz CT molecular complexity index is 610. The number of allylic oxidation sites excluding steroid dienone is 1. The number of carbonyl (C=O) groups is 1. The summed E-state index contributed by atoms with van der Waals surface area (Å²) in [7, 11) is 0. The summed E-state index contributed by atoms with van der Waals surface area (Å²) < 4.78 is 5.37. The number of phenols is 1. The van der Waals surface area contributed by atoms with Gasteiger partial charge in [0, 0.05) is 11.6 Å². The van der Waals surface area contributed by atoms with Crippen molar-refractivity contribution in [1.29, 1.82) is 0 Å². The second kappa shape index (κ2) is 8.17. The van der Waals surface area contributed by atoms with Crippen LogP contribution in [0.2, 0.25) is 0 Å². The van der Waals surface area contributed by atoms with E-state index in [4.69, 9.17) is 9.84 Å². The number of carbonyl (C=O) groups excluding carboxylic acids is 1. The number of cyclic esters (lactones) is 1. The quantitative estimate of drug-likeness (QED) is 0.496. The van der Waals surface area contributed by atoms with Crippen LogP contribution in [0.5, 0.6) is 11.5 Å². The molecule has 132 valence electrons. The molecule has 6 heteroatoms. The molecule has 6 nitrogen and oxygen atoms in total. The predicted molar refractivity (Wildman–Crippen MR) is 90.2 cm³/mol. The van der Waals surface area contributed by atoms with Crippen molar-refractivity contribution >= 4 is 12.0 Å². The van der Waals surface area contributed by atoms with Gasteiger partial charge in [-0.1, -0.05) is 12.2 Å². The van der Waals surface area contributed by atoms with E-state index in [1.807, 2.05) is 0 Å². The zero-order valence-electron chi connectivity index (χ0n) is 13.7. The topological polar surface area (TPSA) is 110 Å². The van der Waals surface area contributed by atoms with Crippen molar-refractivity contribution in [2.75, 3.05) is 0 Å². The van der Waals surface area contributed by atoms with Crippen molar-refractivity contribution < 1.29 is 30.0 Å². The molecule has 1 heterocycles. The number of aromatic hydroxyl groups is 1. The predicted octanol–water partition coefficient (Wildman–Crippen LogP) is 2.07. The summed E-state index contributed by atoms with van der Waals surface area (Å²) in [5, 5.41) is 37.6. The van der Waals surface area contributed by atoms with E-state index in [0.29, 0.717) is 37.7 Å². The van der Waals surface area contributed by atoms with Crippen molar-refractivity contribution in [2.24, 2.45) is 0 Å². The first-order valence-electron chi connectivity index (χ1n) is 8.20. The lowest BCUT2D eigenvalue weighted by Gasteiger charge is -2.19. The number of aliphatic hydroxyl groups excluding tert-OH is 2. The number of esters is 1. The highest BCUT2D eigenvalue weighted by molar-refractivity contribution is 5.97. The van der Waals surface area contributed by atoms with Crippen LogP contribution in [-0.4, -0.2) is 44.7 Å². The van der Waals surface area contributed by atoms with Crippen LogP contribution in [0.3, 0.4) is 0 Å². The molecule has 0 radical (unpaired) electrons. The number of fused-ring (bicyclic) bond motifs is 1. The minimum Gasteiger partial charge on any atom is -0.593 e. The Morgan fingerprint density at radius 3 is 2.62 bits per heavy atom. The average Bonchev–Trinajstić information content (AvgIpc) is 2.49. The Kier molecular flexibility index (Phi) is 6.23. The van der Waals surface area contributed by atoms with Crippen LogP contribution in [0, 0.1) is 0 Å².